The summed E-state index contributed by atoms with van der Waals surface area (Å²) < 4.78 is 11.5. The summed E-state index contributed by atoms with van der Waals surface area (Å²) >= 11 is 0. The van der Waals surface area contributed by atoms with Crippen molar-refractivity contribution in [3.8, 4) is 11.5 Å². The molecule has 5 heteroatoms. The van der Waals surface area contributed by atoms with Crippen molar-refractivity contribution in [1.82, 2.24) is 5.32 Å². The van der Waals surface area contributed by atoms with Crippen molar-refractivity contribution in [2.24, 2.45) is 28.6 Å². The van der Waals surface area contributed by atoms with Gasteiger partial charge < -0.3 is 19.9 Å². The molecule has 28 heavy (non-hydrogen) atoms. The second-order valence-electron chi connectivity index (χ2n) is 9.87. The molecule has 5 atom stereocenters. The summed E-state index contributed by atoms with van der Waals surface area (Å²) in [5, 5.41) is 13.7. The van der Waals surface area contributed by atoms with Gasteiger partial charge >= 0.3 is 0 Å². The highest BCUT2D eigenvalue weighted by Crippen LogP contribution is 2.70. The van der Waals surface area contributed by atoms with E-state index < -0.39 is 0 Å². The van der Waals surface area contributed by atoms with Gasteiger partial charge in [-0.05, 0) is 59.6 Å². The van der Waals surface area contributed by atoms with Gasteiger partial charge in [0.1, 0.15) is 0 Å². The van der Waals surface area contributed by atoms with E-state index in [2.05, 4.69) is 19.2 Å². The second-order valence-corrected chi connectivity index (χ2v) is 9.87. The largest absolute Gasteiger partial charge is 0.504 e. The molecule has 1 aromatic rings. The lowest BCUT2D eigenvalue weighted by atomic mass is 9.58. The molecule has 154 valence electrons. The fraction of sp³-hybridized carbons (Fsp3) is 0.696. The zero-order valence-electron chi connectivity index (χ0n) is 17.6. The van der Waals surface area contributed by atoms with Crippen molar-refractivity contribution in [3.63, 3.8) is 0 Å². The van der Waals surface area contributed by atoms with Crippen LogP contribution in [0.3, 0.4) is 0 Å². The van der Waals surface area contributed by atoms with Gasteiger partial charge in [0.05, 0.1) is 13.2 Å². The first-order valence-corrected chi connectivity index (χ1v) is 10.5. The van der Waals surface area contributed by atoms with Crippen LogP contribution in [0.4, 0.5) is 0 Å². The number of phenols is 1. The van der Waals surface area contributed by atoms with Crippen molar-refractivity contribution < 1.29 is 19.4 Å². The number of hydrogen-bond acceptors (Lipinski definition) is 4. The van der Waals surface area contributed by atoms with Gasteiger partial charge in [-0.1, -0.05) is 33.8 Å². The van der Waals surface area contributed by atoms with Crippen LogP contribution in [0.2, 0.25) is 0 Å². The predicted octanol–water partition coefficient (Wildman–Crippen LogP) is 4.06. The highest BCUT2D eigenvalue weighted by atomic mass is 16.5. The molecule has 3 fully saturated rings. The number of ether oxygens (including phenoxy) is 2. The Kier molecular flexibility index (Phi) is 4.65. The number of hydrogen-bond donors (Lipinski definition) is 2. The number of amides is 1. The van der Waals surface area contributed by atoms with Gasteiger partial charge in [-0.2, -0.15) is 0 Å². The van der Waals surface area contributed by atoms with Crippen LogP contribution in [0.5, 0.6) is 11.5 Å². The van der Waals surface area contributed by atoms with Gasteiger partial charge in [0, 0.05) is 18.6 Å². The molecule has 1 heterocycles. The van der Waals surface area contributed by atoms with Crippen LogP contribution in [0, 0.1) is 28.6 Å². The first kappa shape index (κ1) is 19.6. The SMILES string of the molecule is COc1ccc([C@H]2OCCC34C[C@@H](C[C@H]23)C(C)(C)[C@H]4NC(=O)C(C)C)cc1O. The van der Waals surface area contributed by atoms with Gasteiger partial charge in [-0.25, -0.2) is 0 Å². The summed E-state index contributed by atoms with van der Waals surface area (Å²) in [7, 11) is 1.56. The van der Waals surface area contributed by atoms with Crippen LogP contribution in [-0.2, 0) is 9.53 Å². The van der Waals surface area contributed by atoms with Crippen molar-refractivity contribution in [2.45, 2.75) is 59.1 Å². The van der Waals surface area contributed by atoms with Gasteiger partial charge in [-0.3, -0.25) is 4.79 Å². The Bertz CT molecular complexity index is 774. The number of methoxy groups -OCH3 is 1. The molecule has 1 amide bonds. The number of aromatic hydroxyl groups is 1. The molecule has 5 nitrogen and oxygen atoms in total. The Morgan fingerprint density at radius 1 is 1.36 bits per heavy atom. The molecular weight excluding hydrogens is 354 g/mol. The van der Waals surface area contributed by atoms with Crippen molar-refractivity contribution in [1.29, 1.82) is 0 Å². The maximum atomic E-state index is 12.6. The van der Waals surface area contributed by atoms with Crippen molar-refractivity contribution in [2.75, 3.05) is 13.7 Å². The summed E-state index contributed by atoms with van der Waals surface area (Å²) in [6.45, 7) is 9.23. The smallest absolute Gasteiger partial charge is 0.222 e. The molecule has 1 spiro atoms. The number of nitrogens with one attached hydrogen (secondary N) is 1. The predicted molar refractivity (Wildman–Crippen MR) is 107 cm³/mol. The van der Waals surface area contributed by atoms with E-state index in [0.717, 1.165) is 24.8 Å². The van der Waals surface area contributed by atoms with E-state index in [1.165, 1.54) is 0 Å². The maximum Gasteiger partial charge on any atom is 0.222 e. The fourth-order valence-electron chi connectivity index (χ4n) is 6.31. The Balaban J connectivity index is 1.68. The van der Waals surface area contributed by atoms with E-state index >= 15 is 0 Å². The average molecular weight is 388 g/mol. The molecular formula is C23H33NO4. The summed E-state index contributed by atoms with van der Waals surface area (Å²) in [6.07, 6.45) is 3.19. The van der Waals surface area contributed by atoms with Crippen LogP contribution >= 0.6 is 0 Å². The van der Waals surface area contributed by atoms with E-state index in [-0.39, 0.29) is 40.6 Å². The number of carbonyl (C=O) groups is 1. The standard InChI is InChI=1S/C23H33NO4/c1-13(2)20(26)24-21-22(3,4)15-11-16-19(28-9-8-23(16,21)12-15)14-6-7-18(27-5)17(25)10-14/h6-7,10,13,15-16,19,21,25H,8-9,11-12H2,1-5H3,(H,24,26)/t15-,16-,19-,21-,23?/m1/s1. The molecule has 2 N–H and O–H groups in total. The van der Waals surface area contributed by atoms with E-state index in [1.807, 2.05) is 26.0 Å². The number of fused-ring (bicyclic) bond motifs is 1. The molecule has 1 unspecified atom stereocenters. The Morgan fingerprint density at radius 2 is 2.11 bits per heavy atom. The molecule has 1 saturated heterocycles. The summed E-state index contributed by atoms with van der Waals surface area (Å²) in [5.74, 6) is 1.68. The van der Waals surface area contributed by atoms with Crippen LogP contribution in [0.25, 0.3) is 0 Å². The zero-order chi connectivity index (χ0) is 20.3. The third-order valence-corrected chi connectivity index (χ3v) is 7.85. The highest BCUT2D eigenvalue weighted by molar-refractivity contribution is 5.78. The monoisotopic (exact) mass is 387 g/mol. The lowest BCUT2D eigenvalue weighted by molar-refractivity contribution is -0.139. The van der Waals surface area contributed by atoms with Crippen LogP contribution < -0.4 is 10.1 Å². The van der Waals surface area contributed by atoms with Gasteiger partial charge in [0.15, 0.2) is 11.5 Å². The second kappa shape index (κ2) is 6.65. The third kappa shape index (κ3) is 2.73. The summed E-state index contributed by atoms with van der Waals surface area (Å²) in [5.41, 5.74) is 1.16. The van der Waals surface area contributed by atoms with E-state index in [4.69, 9.17) is 9.47 Å². The van der Waals surface area contributed by atoms with Crippen LogP contribution in [0.15, 0.2) is 18.2 Å². The lowest BCUT2D eigenvalue weighted by Gasteiger charge is -2.53. The highest BCUT2D eigenvalue weighted by Gasteiger charge is 2.68. The van der Waals surface area contributed by atoms with Crippen molar-refractivity contribution in [3.05, 3.63) is 23.8 Å². The van der Waals surface area contributed by atoms with Crippen molar-refractivity contribution >= 4 is 5.91 Å². The van der Waals surface area contributed by atoms with Gasteiger partial charge in [-0.15, -0.1) is 0 Å². The number of phenolic OH excluding ortho intramolecular Hbond substituents is 1. The van der Waals surface area contributed by atoms with Gasteiger partial charge in [0.2, 0.25) is 5.91 Å². The molecule has 0 aromatic heterocycles. The minimum Gasteiger partial charge on any atom is -0.504 e. The molecule has 3 aliphatic rings. The summed E-state index contributed by atoms with van der Waals surface area (Å²) in [6, 6.07) is 5.75. The molecule has 2 aliphatic carbocycles. The minimum absolute atomic E-state index is 0.0149. The summed E-state index contributed by atoms with van der Waals surface area (Å²) in [4.78, 5) is 12.6. The van der Waals surface area contributed by atoms with Crippen LogP contribution in [-0.4, -0.2) is 30.8 Å². The Morgan fingerprint density at radius 3 is 2.75 bits per heavy atom. The number of benzene rings is 1. The Hall–Kier alpha value is -1.75. The molecule has 0 radical (unpaired) electrons. The average Bonchev–Trinajstić information content (AvgIpc) is 3.14. The topological polar surface area (TPSA) is 67.8 Å². The minimum atomic E-state index is -0.0508. The van der Waals surface area contributed by atoms with E-state index in [9.17, 15) is 9.90 Å². The number of rotatable bonds is 4. The first-order valence-electron chi connectivity index (χ1n) is 10.5. The molecule has 4 rings (SSSR count). The van der Waals surface area contributed by atoms with E-state index in [1.54, 1.807) is 13.2 Å². The quantitative estimate of drug-likeness (QED) is 0.818. The third-order valence-electron chi connectivity index (χ3n) is 7.85. The molecule has 1 aromatic carbocycles. The first-order chi connectivity index (χ1) is 13.2. The normalized spacial score (nSPS) is 35.6. The molecule has 2 bridgehead atoms. The number of carbonyl (C=O) groups excluding carboxylic acids is 1. The zero-order valence-corrected chi connectivity index (χ0v) is 17.6. The molecule has 1 aliphatic heterocycles. The maximum absolute atomic E-state index is 12.6. The Labute approximate surface area is 167 Å². The fourth-order valence-corrected chi connectivity index (χ4v) is 6.31. The lowest BCUT2D eigenvalue weighted by Crippen LogP contribution is -2.59. The molecule has 2 saturated carbocycles. The van der Waals surface area contributed by atoms with Gasteiger partial charge in [0.25, 0.3) is 0 Å². The van der Waals surface area contributed by atoms with Crippen LogP contribution in [0.1, 0.15) is 58.6 Å². The van der Waals surface area contributed by atoms with E-state index in [0.29, 0.717) is 24.2 Å².